The van der Waals surface area contributed by atoms with Crippen molar-refractivity contribution >= 4 is 17.6 Å². The van der Waals surface area contributed by atoms with Crippen molar-refractivity contribution in [3.63, 3.8) is 0 Å². The first-order valence-electron chi connectivity index (χ1n) is 7.73. The zero-order chi connectivity index (χ0) is 16.3. The minimum absolute atomic E-state index is 0.000454. The van der Waals surface area contributed by atoms with Crippen LogP contribution in [0.25, 0.3) is 0 Å². The summed E-state index contributed by atoms with van der Waals surface area (Å²) in [6.45, 7) is 5.30. The van der Waals surface area contributed by atoms with Crippen LogP contribution in [-0.2, 0) is 4.79 Å². The lowest BCUT2D eigenvalue weighted by molar-refractivity contribution is -0.121. The number of likely N-dealkylation sites (tertiary alicyclic amines) is 1. The van der Waals surface area contributed by atoms with E-state index in [1.807, 2.05) is 32.0 Å². The first kappa shape index (κ1) is 16.3. The van der Waals surface area contributed by atoms with Crippen molar-refractivity contribution in [1.82, 2.24) is 9.80 Å². The summed E-state index contributed by atoms with van der Waals surface area (Å²) < 4.78 is 0. The number of piperidine rings is 1. The van der Waals surface area contributed by atoms with E-state index in [9.17, 15) is 9.59 Å². The molecule has 0 saturated carbocycles. The molecule has 22 heavy (non-hydrogen) atoms. The van der Waals surface area contributed by atoms with Crippen molar-refractivity contribution in [1.29, 1.82) is 0 Å². The van der Waals surface area contributed by atoms with E-state index in [4.69, 9.17) is 0 Å². The topological polar surface area (TPSA) is 52.7 Å². The second kappa shape index (κ2) is 6.81. The number of nitrogens with zero attached hydrogens (tertiary/aromatic N) is 2. The third-order valence-corrected chi connectivity index (χ3v) is 4.22. The second-order valence-corrected chi connectivity index (χ2v) is 6.25. The lowest BCUT2D eigenvalue weighted by Gasteiger charge is -2.33. The van der Waals surface area contributed by atoms with E-state index in [0.717, 1.165) is 30.6 Å². The second-order valence-electron chi connectivity index (χ2n) is 6.25. The number of hydrogen-bond acceptors (Lipinski definition) is 2. The van der Waals surface area contributed by atoms with Crippen molar-refractivity contribution < 1.29 is 9.59 Å². The number of urea groups is 1. The Balaban J connectivity index is 1.99. The summed E-state index contributed by atoms with van der Waals surface area (Å²) in [6.07, 6.45) is 1.69. The number of benzene rings is 1. The molecule has 0 unspecified atom stereocenters. The lowest BCUT2D eigenvalue weighted by Crippen LogP contribution is -2.47. The number of amides is 3. The monoisotopic (exact) mass is 303 g/mol. The van der Waals surface area contributed by atoms with E-state index < -0.39 is 0 Å². The molecule has 0 aromatic heterocycles. The normalized spacial score (nSPS) is 18.0. The third kappa shape index (κ3) is 3.78. The van der Waals surface area contributed by atoms with Gasteiger partial charge in [-0.2, -0.15) is 0 Å². The summed E-state index contributed by atoms with van der Waals surface area (Å²) in [5.41, 5.74) is 3.19. The van der Waals surface area contributed by atoms with Gasteiger partial charge in [0.15, 0.2) is 0 Å². The average molecular weight is 303 g/mol. The molecule has 1 atom stereocenters. The fourth-order valence-electron chi connectivity index (χ4n) is 2.71. The van der Waals surface area contributed by atoms with Crippen LogP contribution in [0, 0.1) is 19.8 Å². The van der Waals surface area contributed by atoms with Gasteiger partial charge in [-0.1, -0.05) is 6.07 Å². The number of carbonyl (C=O) groups is 2. The highest BCUT2D eigenvalue weighted by molar-refractivity contribution is 5.93. The van der Waals surface area contributed by atoms with Gasteiger partial charge < -0.3 is 15.1 Å². The fraction of sp³-hybridized carbons (Fsp3) is 0.529. The maximum atomic E-state index is 12.4. The van der Waals surface area contributed by atoms with Gasteiger partial charge in [-0.05, 0) is 49.9 Å². The molecule has 1 fully saturated rings. The molecule has 1 N–H and O–H groups in total. The van der Waals surface area contributed by atoms with Crippen molar-refractivity contribution in [3.05, 3.63) is 29.3 Å². The summed E-state index contributed by atoms with van der Waals surface area (Å²) in [7, 11) is 3.47. The third-order valence-electron chi connectivity index (χ3n) is 4.22. The molecule has 1 aliphatic heterocycles. The maximum Gasteiger partial charge on any atom is 0.319 e. The van der Waals surface area contributed by atoms with E-state index in [1.54, 1.807) is 23.9 Å². The Bertz CT molecular complexity index is 569. The molecule has 0 radical (unpaired) electrons. The fourth-order valence-corrected chi connectivity index (χ4v) is 2.71. The van der Waals surface area contributed by atoms with Crippen molar-refractivity contribution in [2.45, 2.75) is 26.7 Å². The van der Waals surface area contributed by atoms with E-state index in [1.165, 1.54) is 5.56 Å². The minimum Gasteiger partial charge on any atom is -0.331 e. The summed E-state index contributed by atoms with van der Waals surface area (Å²) in [4.78, 5) is 27.8. The van der Waals surface area contributed by atoms with Gasteiger partial charge in [0.25, 0.3) is 0 Å². The van der Waals surface area contributed by atoms with Crippen LogP contribution in [0.2, 0.25) is 0 Å². The molecule has 3 amide bonds. The molecule has 1 saturated heterocycles. The quantitative estimate of drug-likeness (QED) is 0.913. The smallest absolute Gasteiger partial charge is 0.319 e. The number of anilines is 1. The predicted octanol–water partition coefficient (Wildman–Crippen LogP) is 2.64. The number of rotatable bonds is 2. The average Bonchev–Trinajstić information content (AvgIpc) is 2.50. The van der Waals surface area contributed by atoms with Gasteiger partial charge in [-0.15, -0.1) is 0 Å². The highest BCUT2D eigenvalue weighted by Gasteiger charge is 2.29. The molecule has 0 aliphatic carbocycles. The van der Waals surface area contributed by atoms with Crippen LogP contribution in [0.3, 0.4) is 0 Å². The Morgan fingerprint density at radius 2 is 1.95 bits per heavy atom. The highest BCUT2D eigenvalue weighted by atomic mass is 16.2. The maximum absolute atomic E-state index is 12.4. The zero-order valence-electron chi connectivity index (χ0n) is 13.8. The molecular weight excluding hydrogens is 278 g/mol. The number of nitrogens with one attached hydrogen (secondary N) is 1. The molecular formula is C17H25N3O2. The Hall–Kier alpha value is -2.04. The molecule has 1 aromatic rings. The molecule has 0 bridgehead atoms. The zero-order valence-corrected chi connectivity index (χ0v) is 13.8. The number of aryl methyl sites for hydroxylation is 2. The van der Waals surface area contributed by atoms with Gasteiger partial charge >= 0.3 is 6.03 Å². The van der Waals surface area contributed by atoms with Crippen molar-refractivity contribution in [2.75, 3.05) is 32.5 Å². The van der Waals surface area contributed by atoms with Crippen LogP contribution in [0.5, 0.6) is 0 Å². The van der Waals surface area contributed by atoms with Crippen molar-refractivity contribution in [3.8, 4) is 0 Å². The van der Waals surface area contributed by atoms with Gasteiger partial charge in [-0.25, -0.2) is 4.79 Å². The Morgan fingerprint density at radius 1 is 1.23 bits per heavy atom. The summed E-state index contributed by atoms with van der Waals surface area (Å²) in [5.74, 6) is -0.140. The van der Waals surface area contributed by atoms with E-state index in [0.29, 0.717) is 6.54 Å². The van der Waals surface area contributed by atoms with E-state index >= 15 is 0 Å². The van der Waals surface area contributed by atoms with Gasteiger partial charge in [0.05, 0.1) is 5.92 Å². The van der Waals surface area contributed by atoms with Crippen LogP contribution in [-0.4, -0.2) is 48.9 Å². The van der Waals surface area contributed by atoms with Gasteiger partial charge in [0.1, 0.15) is 0 Å². The van der Waals surface area contributed by atoms with Crippen LogP contribution in [0.4, 0.5) is 10.5 Å². The molecule has 120 valence electrons. The van der Waals surface area contributed by atoms with E-state index in [2.05, 4.69) is 5.32 Å². The number of carbonyl (C=O) groups excluding carboxylic acids is 2. The molecule has 1 aliphatic rings. The lowest BCUT2D eigenvalue weighted by atomic mass is 9.97. The van der Waals surface area contributed by atoms with Crippen LogP contribution < -0.4 is 5.32 Å². The van der Waals surface area contributed by atoms with Gasteiger partial charge in [0, 0.05) is 32.9 Å². The molecule has 2 rings (SSSR count). The van der Waals surface area contributed by atoms with Crippen LogP contribution in [0.15, 0.2) is 18.2 Å². The van der Waals surface area contributed by atoms with Gasteiger partial charge in [0.2, 0.25) is 5.91 Å². The van der Waals surface area contributed by atoms with Crippen LogP contribution in [0.1, 0.15) is 24.0 Å². The first-order valence-corrected chi connectivity index (χ1v) is 7.73. The largest absolute Gasteiger partial charge is 0.331 e. The van der Waals surface area contributed by atoms with Crippen LogP contribution >= 0.6 is 0 Å². The first-order chi connectivity index (χ1) is 10.4. The van der Waals surface area contributed by atoms with Crippen molar-refractivity contribution in [2.24, 2.45) is 5.92 Å². The summed E-state index contributed by atoms with van der Waals surface area (Å²) >= 11 is 0. The predicted molar refractivity (Wildman–Crippen MR) is 87.9 cm³/mol. The Kier molecular flexibility index (Phi) is 5.06. The SMILES string of the molecule is Cc1ccc(NC(=O)[C@@H]2CCCN(C(=O)N(C)C)C2)cc1C. The van der Waals surface area contributed by atoms with Gasteiger partial charge in [-0.3, -0.25) is 4.79 Å². The Morgan fingerprint density at radius 3 is 2.59 bits per heavy atom. The summed E-state index contributed by atoms with van der Waals surface area (Å²) in [5, 5.41) is 2.98. The molecule has 1 aromatic carbocycles. The molecule has 5 nitrogen and oxygen atoms in total. The highest BCUT2D eigenvalue weighted by Crippen LogP contribution is 2.20. The number of hydrogen-bond donors (Lipinski definition) is 1. The molecule has 1 heterocycles. The minimum atomic E-state index is -0.140. The standard InChI is InChI=1S/C17H25N3O2/c1-12-7-8-15(10-13(12)2)18-16(21)14-6-5-9-20(11-14)17(22)19(3)4/h7-8,10,14H,5-6,9,11H2,1-4H3,(H,18,21)/t14-/m1/s1. The van der Waals surface area contributed by atoms with E-state index in [-0.39, 0.29) is 17.9 Å². The summed E-state index contributed by atoms with van der Waals surface area (Å²) in [6, 6.07) is 5.89. The Labute approximate surface area is 132 Å². The molecule has 5 heteroatoms. The molecule has 0 spiro atoms.